The number of nitrogens with zero attached hydrogens (tertiary/aromatic N) is 1. The molecule has 116 valence electrons. The van der Waals surface area contributed by atoms with Gasteiger partial charge >= 0.3 is 0 Å². The molecule has 1 heterocycles. The molecule has 0 aliphatic carbocycles. The molecule has 0 unspecified atom stereocenters. The second-order valence-electron chi connectivity index (χ2n) is 4.34. The summed E-state index contributed by atoms with van der Waals surface area (Å²) < 4.78 is 27.6. The van der Waals surface area contributed by atoms with Gasteiger partial charge in [0.15, 0.2) is 0 Å². The minimum absolute atomic E-state index is 0.133. The topological polar surface area (TPSA) is 76.1 Å². The second kappa shape index (κ2) is 6.66. The highest BCUT2D eigenvalue weighted by Crippen LogP contribution is 2.23. The van der Waals surface area contributed by atoms with Crippen LogP contribution in [-0.4, -0.2) is 19.3 Å². The van der Waals surface area contributed by atoms with Crippen molar-refractivity contribution in [2.75, 3.05) is 0 Å². The Kier molecular flexibility index (Phi) is 5.26. The van der Waals surface area contributed by atoms with Crippen molar-refractivity contribution in [3.8, 4) is 0 Å². The molecule has 1 aromatic heterocycles. The Labute approximate surface area is 149 Å². The van der Waals surface area contributed by atoms with Crippen LogP contribution in [0, 0.1) is 6.92 Å². The predicted molar refractivity (Wildman–Crippen MR) is 90.5 cm³/mol. The van der Waals surface area contributed by atoms with Crippen LogP contribution in [0.5, 0.6) is 0 Å². The molecule has 1 N–H and O–H groups in total. The van der Waals surface area contributed by atoms with Crippen molar-refractivity contribution in [1.82, 2.24) is 9.71 Å². The molecule has 0 spiro atoms. The van der Waals surface area contributed by atoms with Gasteiger partial charge in [0.25, 0.3) is 15.9 Å². The minimum Gasteiger partial charge on any atom is -0.268 e. The molecule has 9 heteroatoms. The molecule has 0 bridgehead atoms. The van der Waals surface area contributed by atoms with Crippen molar-refractivity contribution in [3.63, 3.8) is 0 Å². The van der Waals surface area contributed by atoms with Gasteiger partial charge in [-0.05, 0) is 52.7 Å². The van der Waals surface area contributed by atoms with Crippen LogP contribution >= 0.6 is 43.5 Å². The standard InChI is InChI=1S/C13H9Br2ClN2O3S/c1-7-4-8(14)2-3-10(7)13(19)18-22(20,21)9-5-11(15)12(16)17-6-9/h2-6H,1H3,(H,18,19). The highest BCUT2D eigenvalue weighted by atomic mass is 79.9. The van der Waals surface area contributed by atoms with E-state index in [0.717, 1.165) is 10.7 Å². The van der Waals surface area contributed by atoms with Gasteiger partial charge in [-0.15, -0.1) is 0 Å². The summed E-state index contributed by atoms with van der Waals surface area (Å²) in [4.78, 5) is 15.7. The third kappa shape index (κ3) is 3.87. The average Bonchev–Trinajstić information content (AvgIpc) is 2.40. The lowest BCUT2D eigenvalue weighted by molar-refractivity contribution is 0.0981. The van der Waals surface area contributed by atoms with Crippen LogP contribution in [-0.2, 0) is 10.0 Å². The summed E-state index contributed by atoms with van der Waals surface area (Å²) >= 11 is 12.1. The Bertz CT molecular complexity index is 856. The van der Waals surface area contributed by atoms with Crippen LogP contribution in [0.2, 0.25) is 5.15 Å². The fourth-order valence-electron chi connectivity index (χ4n) is 1.67. The summed E-state index contributed by atoms with van der Waals surface area (Å²) in [5, 5.41) is 0.133. The molecule has 0 saturated carbocycles. The monoisotopic (exact) mass is 466 g/mol. The summed E-state index contributed by atoms with van der Waals surface area (Å²) in [7, 11) is -4.04. The zero-order valence-corrected chi connectivity index (χ0v) is 15.8. The van der Waals surface area contributed by atoms with Crippen LogP contribution < -0.4 is 4.72 Å². The Morgan fingerprint density at radius 2 is 1.95 bits per heavy atom. The van der Waals surface area contributed by atoms with Gasteiger partial charge in [0.1, 0.15) is 10.0 Å². The largest absolute Gasteiger partial charge is 0.268 e. The molecule has 22 heavy (non-hydrogen) atoms. The molecule has 0 saturated heterocycles. The lowest BCUT2D eigenvalue weighted by Crippen LogP contribution is -2.31. The zero-order chi connectivity index (χ0) is 16.5. The smallest absolute Gasteiger partial charge is 0.265 e. The molecule has 2 rings (SSSR count). The van der Waals surface area contributed by atoms with Crippen LogP contribution in [0.4, 0.5) is 0 Å². The maximum atomic E-state index is 12.2. The summed E-state index contributed by atoms with van der Waals surface area (Å²) in [6.07, 6.45) is 1.08. The Morgan fingerprint density at radius 3 is 2.55 bits per heavy atom. The number of pyridine rings is 1. The molecule has 0 radical (unpaired) electrons. The highest BCUT2D eigenvalue weighted by molar-refractivity contribution is 9.10. The van der Waals surface area contributed by atoms with Crippen LogP contribution in [0.3, 0.4) is 0 Å². The number of hydrogen-bond donors (Lipinski definition) is 1. The Hall–Kier alpha value is -0.960. The maximum Gasteiger partial charge on any atom is 0.265 e. The van der Waals surface area contributed by atoms with E-state index in [2.05, 4.69) is 36.8 Å². The molecule has 1 amide bonds. The fourth-order valence-corrected chi connectivity index (χ4v) is 3.68. The molecular formula is C13H9Br2ClN2O3S. The lowest BCUT2D eigenvalue weighted by atomic mass is 10.1. The van der Waals surface area contributed by atoms with Crippen LogP contribution in [0.1, 0.15) is 15.9 Å². The van der Waals surface area contributed by atoms with Gasteiger partial charge in [0.05, 0.1) is 4.47 Å². The fraction of sp³-hybridized carbons (Fsp3) is 0.0769. The summed E-state index contributed by atoms with van der Waals surface area (Å²) in [5.74, 6) is -0.712. The number of benzene rings is 1. The van der Waals surface area contributed by atoms with E-state index in [1.165, 1.54) is 6.07 Å². The van der Waals surface area contributed by atoms with Crippen molar-refractivity contribution in [3.05, 3.63) is 55.7 Å². The van der Waals surface area contributed by atoms with E-state index in [9.17, 15) is 13.2 Å². The molecular weight excluding hydrogens is 459 g/mol. The number of amides is 1. The quantitative estimate of drug-likeness (QED) is 0.698. The molecule has 1 aromatic carbocycles. The maximum absolute atomic E-state index is 12.2. The molecule has 0 aliphatic rings. The van der Waals surface area contributed by atoms with Crippen LogP contribution in [0.15, 0.2) is 44.3 Å². The highest BCUT2D eigenvalue weighted by Gasteiger charge is 2.21. The van der Waals surface area contributed by atoms with Crippen molar-refractivity contribution in [2.45, 2.75) is 11.8 Å². The number of carbonyl (C=O) groups is 1. The number of rotatable bonds is 3. The Morgan fingerprint density at radius 1 is 1.27 bits per heavy atom. The van der Waals surface area contributed by atoms with E-state index in [4.69, 9.17) is 11.6 Å². The summed E-state index contributed by atoms with van der Waals surface area (Å²) in [5.41, 5.74) is 0.922. The van der Waals surface area contributed by atoms with Gasteiger partial charge in [-0.25, -0.2) is 18.1 Å². The lowest BCUT2D eigenvalue weighted by Gasteiger charge is -2.09. The summed E-state index contributed by atoms with van der Waals surface area (Å²) in [6, 6.07) is 6.20. The third-order valence-corrected chi connectivity index (χ3v) is 5.67. The van der Waals surface area contributed by atoms with Crippen molar-refractivity contribution in [1.29, 1.82) is 0 Å². The number of carbonyl (C=O) groups excluding carboxylic acids is 1. The van der Waals surface area contributed by atoms with E-state index < -0.39 is 15.9 Å². The van der Waals surface area contributed by atoms with Crippen molar-refractivity contribution < 1.29 is 13.2 Å². The number of aromatic nitrogens is 1. The van der Waals surface area contributed by atoms with Crippen LogP contribution in [0.25, 0.3) is 0 Å². The van der Waals surface area contributed by atoms with E-state index in [1.54, 1.807) is 25.1 Å². The molecule has 0 fully saturated rings. The first-order chi connectivity index (χ1) is 10.2. The van der Waals surface area contributed by atoms with Gasteiger partial charge in [-0.2, -0.15) is 0 Å². The predicted octanol–water partition coefficient (Wildman–Crippen LogP) is 3.69. The number of sulfonamides is 1. The van der Waals surface area contributed by atoms with E-state index in [0.29, 0.717) is 10.0 Å². The van der Waals surface area contributed by atoms with Gasteiger partial charge < -0.3 is 0 Å². The molecule has 0 atom stereocenters. The van der Waals surface area contributed by atoms with Gasteiger partial charge in [-0.1, -0.05) is 27.5 Å². The number of halogens is 3. The molecule has 5 nitrogen and oxygen atoms in total. The first-order valence-corrected chi connectivity index (χ1v) is 9.30. The van der Waals surface area contributed by atoms with E-state index >= 15 is 0 Å². The zero-order valence-electron chi connectivity index (χ0n) is 11.1. The number of aryl methyl sites for hydroxylation is 1. The number of nitrogens with one attached hydrogen (secondary N) is 1. The van der Waals surface area contributed by atoms with E-state index in [-0.39, 0.29) is 15.6 Å². The van der Waals surface area contributed by atoms with Gasteiger partial charge in [-0.3, -0.25) is 4.79 Å². The summed E-state index contributed by atoms with van der Waals surface area (Å²) in [6.45, 7) is 1.72. The third-order valence-electron chi connectivity index (χ3n) is 2.74. The first-order valence-electron chi connectivity index (χ1n) is 5.85. The SMILES string of the molecule is Cc1cc(Br)ccc1C(=O)NS(=O)(=O)c1cnc(Cl)c(Br)c1. The van der Waals surface area contributed by atoms with Crippen molar-refractivity contribution >= 4 is 59.4 Å². The van der Waals surface area contributed by atoms with Gasteiger partial charge in [0.2, 0.25) is 0 Å². The first kappa shape index (κ1) is 17.4. The average molecular weight is 469 g/mol. The normalized spacial score (nSPS) is 11.3. The molecule has 2 aromatic rings. The van der Waals surface area contributed by atoms with Gasteiger partial charge in [0, 0.05) is 16.2 Å². The second-order valence-corrected chi connectivity index (χ2v) is 8.15. The Balaban J connectivity index is 2.31. The number of hydrogen-bond acceptors (Lipinski definition) is 4. The van der Waals surface area contributed by atoms with Crippen molar-refractivity contribution in [2.24, 2.45) is 0 Å². The molecule has 0 aliphatic heterocycles. The van der Waals surface area contributed by atoms with E-state index in [1.807, 2.05) is 4.72 Å². The minimum atomic E-state index is -4.04.